The van der Waals surface area contributed by atoms with Gasteiger partial charge in [-0.3, -0.25) is 4.79 Å². The molecule has 1 aliphatic rings. The number of nitrogens with zero attached hydrogens (tertiary/aromatic N) is 2. The average Bonchev–Trinajstić information content (AvgIpc) is 2.90. The van der Waals surface area contributed by atoms with Crippen molar-refractivity contribution in [2.45, 2.75) is 24.3 Å². The quantitative estimate of drug-likeness (QED) is 0.455. The molecular formula is C27H30ClN3O4S. The molecule has 1 saturated heterocycles. The van der Waals surface area contributed by atoms with Crippen LogP contribution in [0.15, 0.2) is 83.8 Å². The molecule has 0 aromatic heterocycles. The van der Waals surface area contributed by atoms with Gasteiger partial charge in [-0.2, -0.15) is 4.72 Å². The summed E-state index contributed by atoms with van der Waals surface area (Å²) in [7, 11) is -4.02. The Labute approximate surface area is 217 Å². The van der Waals surface area contributed by atoms with Crippen LogP contribution in [-0.4, -0.2) is 58.1 Å². The van der Waals surface area contributed by atoms with E-state index >= 15 is 0 Å². The van der Waals surface area contributed by atoms with Crippen LogP contribution in [0.3, 0.4) is 0 Å². The highest BCUT2D eigenvalue weighted by atomic mass is 35.5. The van der Waals surface area contributed by atoms with Crippen molar-refractivity contribution >= 4 is 33.2 Å². The first-order valence-corrected chi connectivity index (χ1v) is 13.8. The molecule has 0 spiro atoms. The molecule has 0 saturated carbocycles. The van der Waals surface area contributed by atoms with Crippen LogP contribution in [0, 0.1) is 0 Å². The minimum atomic E-state index is -4.02. The van der Waals surface area contributed by atoms with Crippen LogP contribution >= 0.6 is 11.6 Å². The number of benzene rings is 3. The molecule has 9 heteroatoms. The maximum atomic E-state index is 13.6. The largest absolute Gasteiger partial charge is 0.492 e. The van der Waals surface area contributed by atoms with E-state index in [1.807, 2.05) is 67.6 Å². The van der Waals surface area contributed by atoms with E-state index in [0.29, 0.717) is 38.5 Å². The smallest absolute Gasteiger partial charge is 0.241 e. The van der Waals surface area contributed by atoms with E-state index in [2.05, 4.69) is 9.62 Å². The number of piperazine rings is 1. The van der Waals surface area contributed by atoms with Crippen molar-refractivity contribution in [1.29, 1.82) is 0 Å². The van der Waals surface area contributed by atoms with Gasteiger partial charge in [-0.15, -0.1) is 0 Å². The summed E-state index contributed by atoms with van der Waals surface area (Å²) >= 11 is 6.23. The lowest BCUT2D eigenvalue weighted by Crippen LogP contribution is -2.55. The fraction of sp³-hybridized carbons (Fsp3) is 0.296. The Hall–Kier alpha value is -3.07. The summed E-state index contributed by atoms with van der Waals surface area (Å²) < 4.78 is 34.6. The third-order valence-electron chi connectivity index (χ3n) is 6.10. The molecule has 0 bridgehead atoms. The maximum absolute atomic E-state index is 13.6. The van der Waals surface area contributed by atoms with Crippen molar-refractivity contribution in [1.82, 2.24) is 9.62 Å². The van der Waals surface area contributed by atoms with Gasteiger partial charge in [0, 0.05) is 31.9 Å². The van der Waals surface area contributed by atoms with Gasteiger partial charge in [-0.25, -0.2) is 8.42 Å². The van der Waals surface area contributed by atoms with Crippen molar-refractivity contribution in [2.75, 3.05) is 37.7 Å². The summed E-state index contributed by atoms with van der Waals surface area (Å²) in [4.78, 5) is 17.5. The van der Waals surface area contributed by atoms with Crippen molar-refractivity contribution in [3.8, 4) is 5.75 Å². The molecule has 0 radical (unpaired) electrons. The highest BCUT2D eigenvalue weighted by Crippen LogP contribution is 2.27. The van der Waals surface area contributed by atoms with Crippen LogP contribution in [0.2, 0.25) is 5.02 Å². The number of anilines is 1. The molecule has 4 rings (SSSR count). The van der Waals surface area contributed by atoms with Gasteiger partial charge < -0.3 is 14.5 Å². The molecule has 1 N–H and O–H groups in total. The fourth-order valence-corrected chi connectivity index (χ4v) is 5.76. The molecule has 0 aliphatic carbocycles. The van der Waals surface area contributed by atoms with Crippen molar-refractivity contribution in [2.24, 2.45) is 0 Å². The van der Waals surface area contributed by atoms with Gasteiger partial charge in [0.15, 0.2) is 0 Å². The molecule has 1 unspecified atom stereocenters. The highest BCUT2D eigenvalue weighted by Gasteiger charge is 2.31. The number of ether oxygens (including phenoxy) is 1. The highest BCUT2D eigenvalue weighted by molar-refractivity contribution is 7.89. The Morgan fingerprint density at radius 3 is 2.22 bits per heavy atom. The van der Waals surface area contributed by atoms with Crippen LogP contribution in [0.4, 0.5) is 5.69 Å². The first-order valence-electron chi connectivity index (χ1n) is 11.9. The Kier molecular flexibility index (Phi) is 8.51. The lowest BCUT2D eigenvalue weighted by atomic mass is 10.1. The SMILES string of the molecule is CCOc1ccc(S(=O)(=O)NC(Cc2ccccc2)C(=O)N2CCN(c3ccccc3)CC2)cc1Cl. The van der Waals surface area contributed by atoms with Crippen LogP contribution in [0.1, 0.15) is 12.5 Å². The number of para-hydroxylation sites is 1. The summed E-state index contributed by atoms with van der Waals surface area (Å²) in [6.45, 7) is 4.60. The average molecular weight is 528 g/mol. The zero-order valence-corrected chi connectivity index (χ0v) is 21.7. The van der Waals surface area contributed by atoms with Crippen LogP contribution in [0.5, 0.6) is 5.75 Å². The van der Waals surface area contributed by atoms with Gasteiger partial charge in [-0.1, -0.05) is 60.1 Å². The number of carbonyl (C=O) groups excluding carboxylic acids is 1. The molecule has 1 fully saturated rings. The zero-order chi connectivity index (χ0) is 25.5. The Balaban J connectivity index is 1.52. The summed E-state index contributed by atoms with van der Waals surface area (Å²) in [5.41, 5.74) is 1.98. The predicted molar refractivity (Wildman–Crippen MR) is 142 cm³/mol. The second-order valence-corrected chi connectivity index (χ2v) is 10.7. The first kappa shape index (κ1) is 26.0. The van der Waals surface area contributed by atoms with E-state index in [0.717, 1.165) is 11.3 Å². The number of hydrogen-bond donors (Lipinski definition) is 1. The van der Waals surface area contributed by atoms with E-state index in [1.165, 1.54) is 18.2 Å². The molecule has 3 aromatic rings. The normalized spacial score (nSPS) is 14.9. The van der Waals surface area contributed by atoms with Gasteiger partial charge in [-0.05, 0) is 49.2 Å². The summed E-state index contributed by atoms with van der Waals surface area (Å²) in [6.07, 6.45) is 0.239. The van der Waals surface area contributed by atoms with Gasteiger partial charge in [0.1, 0.15) is 11.8 Å². The van der Waals surface area contributed by atoms with Crippen molar-refractivity contribution in [3.05, 3.63) is 89.4 Å². The number of nitrogens with one attached hydrogen (secondary N) is 1. The van der Waals surface area contributed by atoms with Gasteiger partial charge in [0.2, 0.25) is 15.9 Å². The monoisotopic (exact) mass is 527 g/mol. The Bertz CT molecular complexity index is 1260. The van der Waals surface area contributed by atoms with E-state index in [9.17, 15) is 13.2 Å². The van der Waals surface area contributed by atoms with Crippen LogP contribution in [-0.2, 0) is 21.2 Å². The molecule has 1 aliphatic heterocycles. The fourth-order valence-electron chi connectivity index (χ4n) is 4.25. The number of halogens is 1. The number of sulfonamides is 1. The number of hydrogen-bond acceptors (Lipinski definition) is 5. The molecular weight excluding hydrogens is 498 g/mol. The van der Waals surface area contributed by atoms with E-state index in [4.69, 9.17) is 16.3 Å². The second-order valence-electron chi connectivity index (χ2n) is 8.54. The molecule has 3 aromatic carbocycles. The summed E-state index contributed by atoms with van der Waals surface area (Å²) in [5.74, 6) is 0.165. The predicted octanol–water partition coefficient (Wildman–Crippen LogP) is 3.98. The van der Waals surface area contributed by atoms with Gasteiger partial charge >= 0.3 is 0 Å². The molecule has 36 heavy (non-hydrogen) atoms. The topological polar surface area (TPSA) is 78.9 Å². The van der Waals surface area contributed by atoms with E-state index in [1.54, 1.807) is 4.90 Å². The standard InChI is InChI=1S/C27H30ClN3O4S/c1-2-35-26-14-13-23(20-24(26)28)36(33,34)29-25(19-21-9-5-3-6-10-21)27(32)31-17-15-30(16-18-31)22-11-7-4-8-12-22/h3-14,20,25,29H,2,15-19H2,1H3. The summed E-state index contributed by atoms with van der Waals surface area (Å²) in [5, 5.41) is 0.197. The zero-order valence-electron chi connectivity index (χ0n) is 20.1. The minimum absolute atomic E-state index is 0.0179. The maximum Gasteiger partial charge on any atom is 0.241 e. The van der Waals surface area contributed by atoms with E-state index in [-0.39, 0.29) is 22.2 Å². The van der Waals surface area contributed by atoms with Crippen LogP contribution < -0.4 is 14.4 Å². The lowest BCUT2D eigenvalue weighted by Gasteiger charge is -2.37. The molecule has 1 atom stereocenters. The third-order valence-corrected chi connectivity index (χ3v) is 7.87. The number of carbonyl (C=O) groups is 1. The molecule has 1 amide bonds. The summed E-state index contributed by atoms with van der Waals surface area (Å²) in [6, 6.07) is 22.8. The van der Waals surface area contributed by atoms with Crippen molar-refractivity contribution < 1.29 is 17.9 Å². The Morgan fingerprint density at radius 1 is 0.972 bits per heavy atom. The lowest BCUT2D eigenvalue weighted by molar-refractivity contribution is -0.133. The Morgan fingerprint density at radius 2 is 1.61 bits per heavy atom. The number of rotatable bonds is 9. The molecule has 1 heterocycles. The number of amides is 1. The van der Waals surface area contributed by atoms with E-state index < -0.39 is 16.1 Å². The molecule has 7 nitrogen and oxygen atoms in total. The second kappa shape index (κ2) is 11.8. The van der Waals surface area contributed by atoms with Gasteiger partial charge in [0.05, 0.1) is 16.5 Å². The first-order chi connectivity index (χ1) is 17.4. The third kappa shape index (κ3) is 6.37. The minimum Gasteiger partial charge on any atom is -0.492 e. The van der Waals surface area contributed by atoms with Gasteiger partial charge in [0.25, 0.3) is 0 Å². The van der Waals surface area contributed by atoms with Crippen LogP contribution in [0.25, 0.3) is 0 Å². The van der Waals surface area contributed by atoms with Crippen molar-refractivity contribution in [3.63, 3.8) is 0 Å². The molecule has 190 valence electrons.